The van der Waals surface area contributed by atoms with Crippen LogP contribution < -0.4 is 10.1 Å². The molecule has 1 aliphatic rings. The Hall–Kier alpha value is -2.83. The average Bonchev–Trinajstić information content (AvgIpc) is 3.04. The van der Waals surface area contributed by atoms with Gasteiger partial charge in [-0.15, -0.1) is 0 Å². The number of nitrogens with one attached hydrogen (secondary N) is 1. The number of nitrogens with zero attached hydrogens (tertiary/aromatic N) is 2. The fraction of sp³-hybridized carbons (Fsp3) is 0.500. The Balaban J connectivity index is 1.43. The van der Waals surface area contributed by atoms with Crippen LogP contribution in [0.5, 0.6) is 5.75 Å². The fourth-order valence-electron chi connectivity index (χ4n) is 3.53. The second-order valence-electron chi connectivity index (χ2n) is 7.71. The first-order chi connectivity index (χ1) is 13.9. The first-order valence-electron chi connectivity index (χ1n) is 10.1. The van der Waals surface area contributed by atoms with Gasteiger partial charge in [-0.3, -0.25) is 9.59 Å². The van der Waals surface area contributed by atoms with Gasteiger partial charge < -0.3 is 19.5 Å². The number of carbonyl (C=O) groups excluding carboxylic acids is 2. The van der Waals surface area contributed by atoms with Crippen molar-refractivity contribution < 1.29 is 18.8 Å². The maximum Gasteiger partial charge on any atom is 0.251 e. The third kappa shape index (κ3) is 5.59. The zero-order valence-electron chi connectivity index (χ0n) is 17.4. The maximum absolute atomic E-state index is 12.3. The predicted octanol–water partition coefficient (Wildman–Crippen LogP) is 3.25. The van der Waals surface area contributed by atoms with Crippen LogP contribution in [0.4, 0.5) is 0 Å². The molecule has 1 aromatic heterocycles. The summed E-state index contributed by atoms with van der Waals surface area (Å²) >= 11 is 0. The summed E-state index contributed by atoms with van der Waals surface area (Å²) in [6, 6.07) is 6.94. The van der Waals surface area contributed by atoms with Gasteiger partial charge in [0.15, 0.2) is 0 Å². The molecular weight excluding hydrogens is 370 g/mol. The van der Waals surface area contributed by atoms with Crippen molar-refractivity contribution in [1.82, 2.24) is 15.4 Å². The molecule has 0 saturated carbocycles. The number of aryl methyl sites for hydroxylation is 2. The van der Waals surface area contributed by atoms with Gasteiger partial charge in [-0.05, 0) is 56.9 Å². The predicted molar refractivity (Wildman–Crippen MR) is 109 cm³/mol. The number of amides is 2. The maximum atomic E-state index is 12.3. The van der Waals surface area contributed by atoms with Crippen LogP contribution in [-0.2, 0) is 11.4 Å². The van der Waals surface area contributed by atoms with E-state index in [1.54, 1.807) is 24.3 Å². The fourth-order valence-corrected chi connectivity index (χ4v) is 3.53. The lowest BCUT2D eigenvalue weighted by Gasteiger charge is -2.31. The van der Waals surface area contributed by atoms with Gasteiger partial charge in [0.05, 0.1) is 11.3 Å². The highest BCUT2D eigenvalue weighted by molar-refractivity contribution is 5.94. The van der Waals surface area contributed by atoms with E-state index in [0.29, 0.717) is 36.8 Å². The van der Waals surface area contributed by atoms with Crippen molar-refractivity contribution in [1.29, 1.82) is 0 Å². The lowest BCUT2D eigenvalue weighted by Crippen LogP contribution is -2.40. The number of benzene rings is 1. The lowest BCUT2D eigenvalue weighted by atomic mass is 10.00. The zero-order valence-corrected chi connectivity index (χ0v) is 17.4. The highest BCUT2D eigenvalue weighted by atomic mass is 16.5. The molecule has 1 unspecified atom stereocenters. The van der Waals surface area contributed by atoms with E-state index in [2.05, 4.69) is 17.4 Å². The van der Waals surface area contributed by atoms with Crippen molar-refractivity contribution in [3.8, 4) is 5.75 Å². The highest BCUT2D eigenvalue weighted by Gasteiger charge is 2.20. The molecule has 0 aliphatic carbocycles. The monoisotopic (exact) mass is 399 g/mol. The molecule has 3 rings (SSSR count). The third-order valence-corrected chi connectivity index (χ3v) is 5.32. The molecule has 1 fully saturated rings. The van der Waals surface area contributed by atoms with Crippen LogP contribution in [0.25, 0.3) is 0 Å². The molecule has 0 bridgehead atoms. The van der Waals surface area contributed by atoms with Crippen molar-refractivity contribution in [3.05, 3.63) is 46.8 Å². The van der Waals surface area contributed by atoms with Gasteiger partial charge in [0.2, 0.25) is 5.91 Å². The molecule has 1 atom stereocenters. The van der Waals surface area contributed by atoms with Crippen LogP contribution in [0.3, 0.4) is 0 Å². The van der Waals surface area contributed by atoms with Crippen LogP contribution in [0.1, 0.15) is 53.6 Å². The van der Waals surface area contributed by atoms with Crippen LogP contribution in [-0.4, -0.2) is 41.5 Å². The number of hydrogen-bond donors (Lipinski definition) is 1. The lowest BCUT2D eigenvalue weighted by molar-refractivity contribution is -0.132. The van der Waals surface area contributed by atoms with Crippen molar-refractivity contribution in [2.24, 2.45) is 5.92 Å². The molecule has 1 aliphatic heterocycles. The van der Waals surface area contributed by atoms with E-state index in [1.165, 1.54) is 6.42 Å². The van der Waals surface area contributed by atoms with E-state index < -0.39 is 0 Å². The minimum atomic E-state index is -0.193. The molecule has 2 aromatic rings. The largest absolute Gasteiger partial charge is 0.489 e. The standard InChI is InChI=1S/C22H29N3O4/c1-15-5-4-12-25(13-15)21(26)10-11-23-22(27)18-6-8-19(9-7-18)28-14-20-16(2)24-29-17(20)3/h6-9,15H,4-5,10-14H2,1-3H3,(H,23,27). The minimum absolute atomic E-state index is 0.111. The number of hydrogen-bond acceptors (Lipinski definition) is 5. The molecule has 1 aromatic carbocycles. The summed E-state index contributed by atoms with van der Waals surface area (Å²) < 4.78 is 10.9. The van der Waals surface area contributed by atoms with Crippen molar-refractivity contribution in [2.75, 3.05) is 19.6 Å². The first kappa shape index (κ1) is 20.9. The molecule has 2 heterocycles. The molecule has 1 N–H and O–H groups in total. The molecule has 2 amide bonds. The highest BCUT2D eigenvalue weighted by Crippen LogP contribution is 2.18. The molecule has 7 heteroatoms. The van der Waals surface area contributed by atoms with Gasteiger partial charge >= 0.3 is 0 Å². The van der Waals surface area contributed by atoms with E-state index in [-0.39, 0.29) is 11.8 Å². The Bertz CT molecular complexity index is 825. The summed E-state index contributed by atoms with van der Waals surface area (Å²) in [5.41, 5.74) is 2.28. The van der Waals surface area contributed by atoms with Gasteiger partial charge in [-0.1, -0.05) is 12.1 Å². The van der Waals surface area contributed by atoms with Gasteiger partial charge in [0.1, 0.15) is 18.1 Å². The third-order valence-electron chi connectivity index (χ3n) is 5.32. The number of ether oxygens (including phenoxy) is 1. The molecule has 0 radical (unpaired) electrons. The summed E-state index contributed by atoms with van der Waals surface area (Å²) in [6.45, 7) is 8.25. The Kier molecular flexibility index (Phi) is 6.90. The summed E-state index contributed by atoms with van der Waals surface area (Å²) in [4.78, 5) is 26.5. The first-order valence-corrected chi connectivity index (χ1v) is 10.1. The van der Waals surface area contributed by atoms with Gasteiger partial charge in [0.25, 0.3) is 5.91 Å². The molecule has 29 heavy (non-hydrogen) atoms. The van der Waals surface area contributed by atoms with Gasteiger partial charge in [-0.25, -0.2) is 0 Å². The van der Waals surface area contributed by atoms with Crippen molar-refractivity contribution in [2.45, 2.75) is 46.6 Å². The zero-order chi connectivity index (χ0) is 20.8. The van der Waals surface area contributed by atoms with E-state index in [4.69, 9.17) is 9.26 Å². The van der Waals surface area contributed by atoms with E-state index in [9.17, 15) is 9.59 Å². The summed E-state index contributed by atoms with van der Waals surface area (Å²) in [5.74, 6) is 1.88. The topological polar surface area (TPSA) is 84.7 Å². The Morgan fingerprint density at radius 2 is 2.03 bits per heavy atom. The van der Waals surface area contributed by atoms with Crippen molar-refractivity contribution in [3.63, 3.8) is 0 Å². The number of rotatable bonds is 7. The van der Waals surface area contributed by atoms with Crippen LogP contribution in [0.15, 0.2) is 28.8 Å². The van der Waals surface area contributed by atoms with E-state index in [0.717, 1.165) is 36.5 Å². The van der Waals surface area contributed by atoms with E-state index in [1.807, 2.05) is 18.7 Å². The summed E-state index contributed by atoms with van der Waals surface area (Å²) in [6.07, 6.45) is 2.57. The van der Waals surface area contributed by atoms with Crippen molar-refractivity contribution >= 4 is 11.8 Å². The molecule has 7 nitrogen and oxygen atoms in total. The summed E-state index contributed by atoms with van der Waals surface area (Å²) in [7, 11) is 0. The number of likely N-dealkylation sites (tertiary alicyclic amines) is 1. The number of carbonyl (C=O) groups is 2. The molecule has 156 valence electrons. The van der Waals surface area contributed by atoms with E-state index >= 15 is 0 Å². The van der Waals surface area contributed by atoms with Crippen LogP contribution in [0, 0.1) is 19.8 Å². The number of piperidine rings is 1. The SMILES string of the molecule is Cc1noc(C)c1COc1ccc(C(=O)NCCC(=O)N2CCCC(C)C2)cc1. The molecular formula is C22H29N3O4. The summed E-state index contributed by atoms with van der Waals surface area (Å²) in [5, 5.41) is 6.73. The Morgan fingerprint density at radius 1 is 1.28 bits per heavy atom. The molecule has 0 spiro atoms. The van der Waals surface area contributed by atoms with Gasteiger partial charge in [-0.2, -0.15) is 0 Å². The average molecular weight is 399 g/mol. The quantitative estimate of drug-likeness (QED) is 0.773. The minimum Gasteiger partial charge on any atom is -0.489 e. The van der Waals surface area contributed by atoms with Crippen LogP contribution >= 0.6 is 0 Å². The van der Waals surface area contributed by atoms with Crippen LogP contribution in [0.2, 0.25) is 0 Å². The number of aromatic nitrogens is 1. The van der Waals surface area contributed by atoms with Gasteiger partial charge in [0, 0.05) is 31.6 Å². The smallest absolute Gasteiger partial charge is 0.251 e. The second kappa shape index (κ2) is 9.58. The second-order valence-corrected chi connectivity index (χ2v) is 7.71. The molecule has 1 saturated heterocycles. The Labute approximate surface area is 171 Å². The normalized spacial score (nSPS) is 16.5. The Morgan fingerprint density at radius 3 is 2.69 bits per heavy atom.